The molecular weight excluding hydrogens is 324 g/mol. The number of hydrogen-bond donors (Lipinski definition) is 2. The maximum atomic E-state index is 13.3. The maximum absolute atomic E-state index is 13.3. The fraction of sp³-hybridized carbons (Fsp3) is 0.455. The molecule has 2 rings (SSSR count). The number of nitrogens with one attached hydrogen (secondary N) is 1. The minimum Gasteiger partial charge on any atom is -0.396 e. The predicted octanol–water partition coefficient (Wildman–Crippen LogP) is 1.85. The van der Waals surface area contributed by atoms with Gasteiger partial charge in [0.25, 0.3) is 0 Å². The Labute approximate surface area is 107 Å². The minimum absolute atomic E-state index is 0.0892. The van der Waals surface area contributed by atoms with Gasteiger partial charge in [-0.1, -0.05) is 6.07 Å². The van der Waals surface area contributed by atoms with Crippen molar-refractivity contribution >= 4 is 28.3 Å². The lowest BCUT2D eigenvalue weighted by Gasteiger charge is -2.40. The van der Waals surface area contributed by atoms with Gasteiger partial charge in [-0.2, -0.15) is 0 Å². The minimum atomic E-state index is -0.228. The summed E-state index contributed by atoms with van der Waals surface area (Å²) in [5.74, 6) is -0.228. The highest BCUT2D eigenvalue weighted by atomic mass is 127. The molecule has 0 aromatic heterocycles. The van der Waals surface area contributed by atoms with Crippen LogP contribution >= 0.6 is 22.6 Å². The summed E-state index contributed by atoms with van der Waals surface area (Å²) in [4.78, 5) is 0. The molecule has 1 aliphatic heterocycles. The average Bonchev–Trinajstić information content (AvgIpc) is 2.23. The second-order valence-electron chi connectivity index (χ2n) is 4.11. The van der Waals surface area contributed by atoms with Crippen LogP contribution < -0.4 is 5.32 Å². The Morgan fingerprint density at radius 2 is 2.25 bits per heavy atom. The van der Waals surface area contributed by atoms with Gasteiger partial charge in [-0.15, -0.1) is 0 Å². The van der Waals surface area contributed by atoms with Crippen molar-refractivity contribution in [1.29, 1.82) is 0 Å². The van der Waals surface area contributed by atoms with Crippen LogP contribution in [0.25, 0.3) is 0 Å². The zero-order valence-electron chi connectivity index (χ0n) is 8.67. The molecule has 3 nitrogen and oxygen atoms in total. The van der Waals surface area contributed by atoms with Crippen LogP contribution in [0.3, 0.4) is 0 Å². The number of aliphatic hydroxyl groups excluding tert-OH is 1. The van der Waals surface area contributed by atoms with Gasteiger partial charge in [-0.25, -0.2) is 4.39 Å². The van der Waals surface area contributed by atoms with E-state index in [1.165, 1.54) is 6.07 Å². The van der Waals surface area contributed by atoms with E-state index in [0.717, 1.165) is 5.69 Å². The van der Waals surface area contributed by atoms with Crippen molar-refractivity contribution in [2.24, 2.45) is 5.41 Å². The lowest BCUT2D eigenvalue weighted by atomic mass is 9.87. The van der Waals surface area contributed by atoms with Gasteiger partial charge in [0.15, 0.2) is 0 Å². The second-order valence-corrected chi connectivity index (χ2v) is 5.18. The highest BCUT2D eigenvalue weighted by Gasteiger charge is 2.37. The van der Waals surface area contributed by atoms with E-state index in [1.54, 1.807) is 6.07 Å². The lowest BCUT2D eigenvalue weighted by molar-refractivity contribution is -0.128. The van der Waals surface area contributed by atoms with E-state index < -0.39 is 0 Å². The Bertz CT molecular complexity index is 377. The Hall–Kier alpha value is -0.400. The standard InChI is InChI=1S/C11H13FINO2/c12-8-2-1-3-9(10(8)13)14-4-11(5-15)6-16-7-11/h1-3,14-15H,4-7H2. The molecular formula is C11H13FINO2. The molecule has 0 saturated carbocycles. The molecule has 1 fully saturated rings. The van der Waals surface area contributed by atoms with E-state index in [9.17, 15) is 9.50 Å². The fourth-order valence-electron chi connectivity index (χ4n) is 1.56. The summed E-state index contributed by atoms with van der Waals surface area (Å²) < 4.78 is 18.9. The van der Waals surface area contributed by atoms with Crippen LogP contribution in [0.2, 0.25) is 0 Å². The van der Waals surface area contributed by atoms with Gasteiger partial charge >= 0.3 is 0 Å². The average molecular weight is 337 g/mol. The third-order valence-corrected chi connectivity index (χ3v) is 3.85. The summed E-state index contributed by atoms with van der Waals surface area (Å²) in [5.41, 5.74) is 0.565. The molecule has 0 unspecified atom stereocenters. The zero-order valence-corrected chi connectivity index (χ0v) is 10.8. The van der Waals surface area contributed by atoms with Crippen LogP contribution in [-0.2, 0) is 4.74 Å². The van der Waals surface area contributed by atoms with Crippen molar-refractivity contribution in [2.45, 2.75) is 0 Å². The summed E-state index contributed by atoms with van der Waals surface area (Å²) in [6.45, 7) is 1.81. The Balaban J connectivity index is 2.02. The predicted molar refractivity (Wildman–Crippen MR) is 67.9 cm³/mol. The molecule has 1 saturated heterocycles. The van der Waals surface area contributed by atoms with E-state index in [2.05, 4.69) is 5.32 Å². The van der Waals surface area contributed by atoms with Gasteiger partial charge in [0.1, 0.15) is 5.82 Å². The molecule has 1 aromatic rings. The third-order valence-electron chi connectivity index (χ3n) is 2.76. The van der Waals surface area contributed by atoms with Crippen LogP contribution in [0.1, 0.15) is 0 Å². The summed E-state index contributed by atoms with van der Waals surface area (Å²) in [6, 6.07) is 4.93. The largest absolute Gasteiger partial charge is 0.396 e. The number of ether oxygens (including phenoxy) is 1. The van der Waals surface area contributed by atoms with Gasteiger partial charge in [-0.05, 0) is 34.7 Å². The van der Waals surface area contributed by atoms with Crippen LogP contribution in [0.5, 0.6) is 0 Å². The Morgan fingerprint density at radius 1 is 1.50 bits per heavy atom. The van der Waals surface area contributed by atoms with Crippen LogP contribution in [0, 0.1) is 14.8 Å². The first-order valence-corrected chi connectivity index (χ1v) is 6.11. The summed E-state index contributed by atoms with van der Waals surface area (Å²) in [7, 11) is 0. The van der Waals surface area contributed by atoms with Crippen molar-refractivity contribution in [3.05, 3.63) is 27.6 Å². The van der Waals surface area contributed by atoms with Crippen LogP contribution in [0.15, 0.2) is 18.2 Å². The highest BCUT2D eigenvalue weighted by Crippen LogP contribution is 2.28. The van der Waals surface area contributed by atoms with Crippen molar-refractivity contribution in [3.63, 3.8) is 0 Å². The van der Waals surface area contributed by atoms with E-state index in [-0.39, 0.29) is 17.8 Å². The number of halogens is 2. The lowest BCUT2D eigenvalue weighted by Crippen LogP contribution is -2.50. The quantitative estimate of drug-likeness (QED) is 0.824. The SMILES string of the molecule is OCC1(CNc2cccc(F)c2I)COC1. The van der Waals surface area contributed by atoms with Gasteiger partial charge < -0.3 is 15.2 Å². The first kappa shape index (κ1) is 12.1. The molecule has 0 atom stereocenters. The van der Waals surface area contributed by atoms with Gasteiger partial charge in [0.05, 0.1) is 34.5 Å². The van der Waals surface area contributed by atoms with Crippen LogP contribution in [-0.4, -0.2) is 31.5 Å². The highest BCUT2D eigenvalue weighted by molar-refractivity contribution is 14.1. The first-order valence-electron chi connectivity index (χ1n) is 5.03. The Kier molecular flexibility index (Phi) is 3.66. The van der Waals surface area contributed by atoms with Gasteiger partial charge in [-0.3, -0.25) is 0 Å². The summed E-state index contributed by atoms with van der Waals surface area (Å²) in [6.07, 6.45) is 0. The number of rotatable bonds is 4. The van der Waals surface area contributed by atoms with Crippen molar-refractivity contribution in [3.8, 4) is 0 Å². The molecule has 16 heavy (non-hydrogen) atoms. The number of aliphatic hydroxyl groups is 1. The van der Waals surface area contributed by atoms with Crippen molar-refractivity contribution in [2.75, 3.05) is 31.7 Å². The van der Waals surface area contributed by atoms with Crippen molar-refractivity contribution in [1.82, 2.24) is 0 Å². The second kappa shape index (κ2) is 4.85. The zero-order chi connectivity index (χ0) is 11.6. The number of benzene rings is 1. The van der Waals surface area contributed by atoms with E-state index in [1.807, 2.05) is 28.7 Å². The molecule has 0 spiro atoms. The van der Waals surface area contributed by atoms with Crippen LogP contribution in [0.4, 0.5) is 10.1 Å². The topological polar surface area (TPSA) is 41.5 Å². The molecule has 1 heterocycles. The molecule has 0 bridgehead atoms. The van der Waals surface area contributed by atoms with E-state index in [0.29, 0.717) is 23.3 Å². The summed E-state index contributed by atoms with van der Waals surface area (Å²) in [5, 5.41) is 12.4. The van der Waals surface area contributed by atoms with Gasteiger partial charge in [0, 0.05) is 6.54 Å². The number of anilines is 1. The third kappa shape index (κ3) is 2.31. The molecule has 5 heteroatoms. The molecule has 0 amide bonds. The van der Waals surface area contributed by atoms with E-state index >= 15 is 0 Å². The summed E-state index contributed by atoms with van der Waals surface area (Å²) >= 11 is 1.97. The molecule has 1 aromatic carbocycles. The molecule has 0 radical (unpaired) electrons. The monoisotopic (exact) mass is 337 g/mol. The molecule has 2 N–H and O–H groups in total. The van der Waals surface area contributed by atoms with Gasteiger partial charge in [0.2, 0.25) is 0 Å². The maximum Gasteiger partial charge on any atom is 0.138 e. The number of hydrogen-bond acceptors (Lipinski definition) is 3. The Morgan fingerprint density at radius 3 is 2.81 bits per heavy atom. The smallest absolute Gasteiger partial charge is 0.138 e. The normalized spacial score (nSPS) is 17.9. The molecule has 88 valence electrons. The molecule has 0 aliphatic carbocycles. The molecule has 1 aliphatic rings. The first-order chi connectivity index (χ1) is 7.67. The van der Waals surface area contributed by atoms with E-state index in [4.69, 9.17) is 4.74 Å². The fourth-order valence-corrected chi connectivity index (χ4v) is 2.11. The van der Waals surface area contributed by atoms with Crippen molar-refractivity contribution < 1.29 is 14.2 Å².